The van der Waals surface area contributed by atoms with Crippen LogP contribution in [0.3, 0.4) is 0 Å². The summed E-state index contributed by atoms with van der Waals surface area (Å²) in [7, 11) is 1.72. The van der Waals surface area contributed by atoms with Gasteiger partial charge in [-0.1, -0.05) is 32.4 Å². The molecule has 26 heavy (non-hydrogen) atoms. The predicted octanol–water partition coefficient (Wildman–Crippen LogP) is 3.36. The van der Waals surface area contributed by atoms with Crippen molar-refractivity contribution in [3.63, 3.8) is 0 Å². The Bertz CT molecular complexity index is 661. The van der Waals surface area contributed by atoms with Gasteiger partial charge in [-0.2, -0.15) is 0 Å². The summed E-state index contributed by atoms with van der Waals surface area (Å²) >= 11 is 6.16. The predicted molar refractivity (Wildman–Crippen MR) is 104 cm³/mol. The van der Waals surface area contributed by atoms with Gasteiger partial charge in [0.05, 0.1) is 30.7 Å². The molecule has 144 valence electrons. The second-order valence-corrected chi connectivity index (χ2v) is 8.11. The van der Waals surface area contributed by atoms with E-state index < -0.39 is 0 Å². The van der Waals surface area contributed by atoms with Crippen molar-refractivity contribution in [2.24, 2.45) is 11.3 Å². The number of anilines is 2. The maximum absolute atomic E-state index is 12.6. The molecule has 1 saturated heterocycles. The second kappa shape index (κ2) is 7.62. The fourth-order valence-corrected chi connectivity index (χ4v) is 4.58. The number of hydrogen-bond donors (Lipinski definition) is 2. The lowest BCUT2D eigenvalue weighted by molar-refractivity contribution is -0.140. The van der Waals surface area contributed by atoms with Gasteiger partial charge < -0.3 is 25.0 Å². The van der Waals surface area contributed by atoms with Crippen LogP contribution in [-0.4, -0.2) is 51.6 Å². The van der Waals surface area contributed by atoms with E-state index in [2.05, 4.69) is 36.3 Å². The number of benzene rings is 1. The molecule has 0 aromatic heterocycles. The lowest BCUT2D eigenvalue weighted by Crippen LogP contribution is -2.68. The topological polar surface area (TPSA) is 62.8 Å². The molecule has 1 heterocycles. The normalized spacial score (nSPS) is 27.6. The van der Waals surface area contributed by atoms with Crippen LogP contribution in [-0.2, 0) is 9.47 Å². The minimum atomic E-state index is -0.221. The van der Waals surface area contributed by atoms with E-state index in [-0.39, 0.29) is 29.5 Å². The highest BCUT2D eigenvalue weighted by atomic mass is 35.5. The van der Waals surface area contributed by atoms with Crippen molar-refractivity contribution in [3.8, 4) is 0 Å². The number of carbonyl (C=O) groups is 1. The number of nitrogens with zero attached hydrogens (tertiary/aromatic N) is 1. The maximum atomic E-state index is 12.6. The lowest BCUT2D eigenvalue weighted by Gasteiger charge is -2.56. The molecule has 7 heteroatoms. The number of hydrogen-bond acceptors (Lipinski definition) is 4. The van der Waals surface area contributed by atoms with Gasteiger partial charge in [-0.3, -0.25) is 0 Å². The molecule has 1 aliphatic heterocycles. The number of ether oxygens (including phenoxy) is 2. The summed E-state index contributed by atoms with van der Waals surface area (Å²) in [5.74, 6) is 0.263. The van der Waals surface area contributed by atoms with Gasteiger partial charge in [-0.05, 0) is 18.2 Å². The number of rotatable bonds is 4. The summed E-state index contributed by atoms with van der Waals surface area (Å²) in [6.07, 6.45) is 0.142. The first-order chi connectivity index (χ1) is 12.3. The third kappa shape index (κ3) is 3.63. The SMILES string of the molecule is COC1C(C)C(NC(=O)Nc2cc(Cl)ccc2N2CCOCC2)C1(C)C. The van der Waals surface area contributed by atoms with Crippen molar-refractivity contribution in [2.75, 3.05) is 43.6 Å². The third-order valence-electron chi connectivity index (χ3n) is 5.64. The number of urea groups is 1. The summed E-state index contributed by atoms with van der Waals surface area (Å²) in [6, 6.07) is 5.41. The summed E-state index contributed by atoms with van der Waals surface area (Å²) in [5, 5.41) is 6.68. The molecule has 0 spiro atoms. The zero-order valence-corrected chi connectivity index (χ0v) is 16.6. The van der Waals surface area contributed by atoms with Crippen LogP contribution >= 0.6 is 11.6 Å². The first-order valence-corrected chi connectivity index (χ1v) is 9.45. The van der Waals surface area contributed by atoms with Gasteiger partial charge in [0.2, 0.25) is 0 Å². The van der Waals surface area contributed by atoms with Gasteiger partial charge in [-0.25, -0.2) is 4.79 Å². The summed E-state index contributed by atoms with van der Waals surface area (Å²) in [4.78, 5) is 14.8. The monoisotopic (exact) mass is 381 g/mol. The molecule has 2 amide bonds. The fraction of sp³-hybridized carbons (Fsp3) is 0.632. The second-order valence-electron chi connectivity index (χ2n) is 7.67. The average Bonchev–Trinajstić information content (AvgIpc) is 2.61. The molecule has 1 saturated carbocycles. The van der Waals surface area contributed by atoms with Crippen LogP contribution in [0, 0.1) is 11.3 Å². The molecule has 3 unspecified atom stereocenters. The van der Waals surface area contributed by atoms with Crippen LogP contribution in [0.2, 0.25) is 5.02 Å². The average molecular weight is 382 g/mol. The molecule has 6 nitrogen and oxygen atoms in total. The number of halogens is 1. The highest BCUT2D eigenvalue weighted by Gasteiger charge is 2.55. The highest BCUT2D eigenvalue weighted by Crippen LogP contribution is 2.47. The summed E-state index contributed by atoms with van der Waals surface area (Å²) in [6.45, 7) is 9.28. The molecule has 1 aromatic carbocycles. The first kappa shape index (κ1) is 19.3. The third-order valence-corrected chi connectivity index (χ3v) is 5.87. The molecule has 2 fully saturated rings. The van der Waals surface area contributed by atoms with E-state index in [9.17, 15) is 4.79 Å². The maximum Gasteiger partial charge on any atom is 0.319 e. The van der Waals surface area contributed by atoms with Crippen LogP contribution in [0.25, 0.3) is 0 Å². The van der Waals surface area contributed by atoms with Crippen LogP contribution in [0.4, 0.5) is 16.2 Å². The molecule has 3 rings (SSSR count). The molecule has 0 radical (unpaired) electrons. The molecule has 1 aromatic rings. The van der Waals surface area contributed by atoms with E-state index in [1.165, 1.54) is 0 Å². The van der Waals surface area contributed by atoms with E-state index in [4.69, 9.17) is 21.1 Å². The first-order valence-electron chi connectivity index (χ1n) is 9.07. The zero-order chi connectivity index (χ0) is 18.9. The minimum absolute atomic E-state index is 0.0541. The number of methoxy groups -OCH3 is 1. The molecular weight excluding hydrogens is 354 g/mol. The Labute approximate surface area is 160 Å². The molecule has 0 bridgehead atoms. The van der Waals surface area contributed by atoms with Crippen LogP contribution < -0.4 is 15.5 Å². The van der Waals surface area contributed by atoms with Crippen molar-refractivity contribution >= 4 is 29.0 Å². The van der Waals surface area contributed by atoms with Crippen LogP contribution in [0.15, 0.2) is 18.2 Å². The van der Waals surface area contributed by atoms with Crippen molar-refractivity contribution in [2.45, 2.75) is 32.9 Å². The van der Waals surface area contributed by atoms with Gasteiger partial charge in [0.25, 0.3) is 0 Å². The summed E-state index contributed by atoms with van der Waals surface area (Å²) < 4.78 is 11.0. The highest BCUT2D eigenvalue weighted by molar-refractivity contribution is 6.31. The molecule has 1 aliphatic carbocycles. The van der Waals surface area contributed by atoms with Crippen LogP contribution in [0.5, 0.6) is 0 Å². The number of amides is 2. The van der Waals surface area contributed by atoms with Gasteiger partial charge in [0.15, 0.2) is 0 Å². The summed E-state index contributed by atoms with van der Waals surface area (Å²) in [5.41, 5.74) is 1.57. The van der Waals surface area contributed by atoms with Gasteiger partial charge in [-0.15, -0.1) is 0 Å². The van der Waals surface area contributed by atoms with Crippen molar-refractivity contribution in [3.05, 3.63) is 23.2 Å². The Morgan fingerprint density at radius 3 is 2.65 bits per heavy atom. The standard InChI is InChI=1S/C19H28ClN3O3/c1-12-16(19(2,3)17(12)25-4)22-18(24)21-14-11-13(20)5-6-15(14)23-7-9-26-10-8-23/h5-6,11-12,16-17H,7-10H2,1-4H3,(H2,21,22,24). The molecule has 3 atom stereocenters. The zero-order valence-electron chi connectivity index (χ0n) is 15.8. The molecule has 2 N–H and O–H groups in total. The van der Waals surface area contributed by atoms with Crippen molar-refractivity contribution in [1.82, 2.24) is 5.32 Å². The minimum Gasteiger partial charge on any atom is -0.380 e. The van der Waals surface area contributed by atoms with E-state index in [0.29, 0.717) is 23.9 Å². The quantitative estimate of drug-likeness (QED) is 0.839. The van der Waals surface area contributed by atoms with Gasteiger partial charge in [0.1, 0.15) is 0 Å². The molecule has 2 aliphatic rings. The van der Waals surface area contributed by atoms with Crippen molar-refractivity contribution < 1.29 is 14.3 Å². The molecular formula is C19H28ClN3O3. The Balaban J connectivity index is 1.70. The van der Waals surface area contributed by atoms with E-state index in [1.807, 2.05) is 12.1 Å². The lowest BCUT2D eigenvalue weighted by atomic mass is 9.58. The van der Waals surface area contributed by atoms with Crippen molar-refractivity contribution in [1.29, 1.82) is 0 Å². The Morgan fingerprint density at radius 1 is 1.35 bits per heavy atom. The number of carbonyl (C=O) groups excluding carboxylic acids is 1. The Morgan fingerprint density at radius 2 is 2.04 bits per heavy atom. The van der Waals surface area contributed by atoms with Gasteiger partial charge >= 0.3 is 6.03 Å². The van der Waals surface area contributed by atoms with E-state index in [0.717, 1.165) is 18.8 Å². The number of morpholine rings is 1. The Kier molecular flexibility index (Phi) is 5.65. The largest absolute Gasteiger partial charge is 0.380 e. The van der Waals surface area contributed by atoms with Crippen LogP contribution in [0.1, 0.15) is 20.8 Å². The van der Waals surface area contributed by atoms with Gasteiger partial charge in [0, 0.05) is 42.6 Å². The fourth-order valence-electron chi connectivity index (χ4n) is 4.41. The van der Waals surface area contributed by atoms with E-state index >= 15 is 0 Å². The van der Waals surface area contributed by atoms with E-state index in [1.54, 1.807) is 13.2 Å². The number of nitrogens with one attached hydrogen (secondary N) is 2. The Hall–Kier alpha value is -1.50. The smallest absolute Gasteiger partial charge is 0.319 e.